The summed E-state index contributed by atoms with van der Waals surface area (Å²) in [5.74, 6) is 2.33. The zero-order chi connectivity index (χ0) is 13.3. The highest BCUT2D eigenvalue weighted by atomic mass is 14.5. The second-order valence-electron chi connectivity index (χ2n) is 6.98. The van der Waals surface area contributed by atoms with Crippen molar-refractivity contribution in [2.75, 3.05) is 5.73 Å². The molecule has 0 aliphatic heterocycles. The van der Waals surface area contributed by atoms with Crippen LogP contribution in [0.25, 0.3) is 0 Å². The van der Waals surface area contributed by atoms with Gasteiger partial charge in [-0.15, -0.1) is 0 Å². The fourth-order valence-corrected chi connectivity index (χ4v) is 3.72. The van der Waals surface area contributed by atoms with Crippen LogP contribution in [0.5, 0.6) is 0 Å². The zero-order valence-electron chi connectivity index (χ0n) is 12.2. The van der Waals surface area contributed by atoms with E-state index in [2.05, 4.69) is 39.8 Å². The number of nitrogen functional groups attached to an aromatic ring is 1. The van der Waals surface area contributed by atoms with Gasteiger partial charge in [-0.05, 0) is 60.1 Å². The molecule has 2 atom stereocenters. The van der Waals surface area contributed by atoms with Crippen molar-refractivity contribution in [1.29, 1.82) is 0 Å². The Morgan fingerprint density at radius 1 is 1.17 bits per heavy atom. The summed E-state index contributed by atoms with van der Waals surface area (Å²) in [5.41, 5.74) is 8.62. The molecule has 0 spiro atoms. The summed E-state index contributed by atoms with van der Waals surface area (Å²) in [4.78, 5) is 0. The molecule has 0 heterocycles. The molecule has 2 rings (SSSR count). The van der Waals surface area contributed by atoms with Crippen LogP contribution in [0.4, 0.5) is 5.69 Å². The lowest BCUT2D eigenvalue weighted by atomic mass is 9.61. The third kappa shape index (κ3) is 2.71. The van der Waals surface area contributed by atoms with Crippen molar-refractivity contribution in [2.24, 2.45) is 17.3 Å². The van der Waals surface area contributed by atoms with Gasteiger partial charge in [0.1, 0.15) is 0 Å². The third-order valence-electron chi connectivity index (χ3n) is 4.89. The molecule has 1 aromatic rings. The Kier molecular flexibility index (Phi) is 3.70. The minimum Gasteiger partial charge on any atom is -0.399 e. The average Bonchev–Trinajstić information content (AvgIpc) is 2.29. The van der Waals surface area contributed by atoms with Gasteiger partial charge in [0.25, 0.3) is 0 Å². The summed E-state index contributed by atoms with van der Waals surface area (Å²) in [6.45, 7) is 9.63. The fourth-order valence-electron chi connectivity index (χ4n) is 3.72. The second kappa shape index (κ2) is 4.95. The van der Waals surface area contributed by atoms with Crippen molar-refractivity contribution >= 4 is 5.69 Å². The van der Waals surface area contributed by atoms with E-state index in [1.165, 1.54) is 24.8 Å². The SMILES string of the molecule is CC(C)C1CC(c2ccc(N)cc2)CCC1(C)C. The van der Waals surface area contributed by atoms with E-state index in [0.717, 1.165) is 23.4 Å². The van der Waals surface area contributed by atoms with E-state index in [4.69, 9.17) is 5.73 Å². The van der Waals surface area contributed by atoms with Crippen molar-refractivity contribution in [3.05, 3.63) is 29.8 Å². The molecule has 0 amide bonds. The van der Waals surface area contributed by atoms with Crippen LogP contribution in [0.1, 0.15) is 58.4 Å². The fraction of sp³-hybridized carbons (Fsp3) is 0.647. The molecular weight excluding hydrogens is 218 g/mol. The van der Waals surface area contributed by atoms with Crippen LogP contribution >= 0.6 is 0 Å². The summed E-state index contributed by atoms with van der Waals surface area (Å²) >= 11 is 0. The van der Waals surface area contributed by atoms with Crippen molar-refractivity contribution in [3.63, 3.8) is 0 Å². The predicted octanol–water partition coefficient (Wildman–Crippen LogP) is 4.83. The predicted molar refractivity (Wildman–Crippen MR) is 79.6 cm³/mol. The molecular formula is C17H27N. The molecule has 0 radical (unpaired) electrons. The Balaban J connectivity index is 2.15. The van der Waals surface area contributed by atoms with Crippen molar-refractivity contribution < 1.29 is 0 Å². The van der Waals surface area contributed by atoms with E-state index in [0.29, 0.717) is 5.41 Å². The largest absolute Gasteiger partial charge is 0.399 e. The maximum Gasteiger partial charge on any atom is 0.0314 e. The molecule has 1 aliphatic rings. The Morgan fingerprint density at radius 3 is 2.33 bits per heavy atom. The van der Waals surface area contributed by atoms with Crippen LogP contribution in [0.2, 0.25) is 0 Å². The number of anilines is 1. The Morgan fingerprint density at radius 2 is 1.78 bits per heavy atom. The molecule has 100 valence electrons. The number of hydrogen-bond donors (Lipinski definition) is 1. The average molecular weight is 245 g/mol. The number of nitrogens with two attached hydrogens (primary N) is 1. The zero-order valence-corrected chi connectivity index (χ0v) is 12.2. The molecule has 1 fully saturated rings. The molecule has 2 N–H and O–H groups in total. The van der Waals surface area contributed by atoms with Crippen molar-refractivity contribution in [3.8, 4) is 0 Å². The van der Waals surface area contributed by atoms with E-state index in [9.17, 15) is 0 Å². The molecule has 1 aliphatic carbocycles. The maximum absolute atomic E-state index is 5.77. The highest BCUT2D eigenvalue weighted by Gasteiger charge is 2.38. The number of hydrogen-bond acceptors (Lipinski definition) is 1. The molecule has 18 heavy (non-hydrogen) atoms. The standard InChI is InChI=1S/C17H27N/c1-12(2)16-11-14(9-10-17(16,3)4)13-5-7-15(18)8-6-13/h5-8,12,14,16H,9-11,18H2,1-4H3. The van der Waals surface area contributed by atoms with Crippen LogP contribution in [0, 0.1) is 17.3 Å². The smallest absolute Gasteiger partial charge is 0.0314 e. The Hall–Kier alpha value is -0.980. The van der Waals surface area contributed by atoms with Crippen molar-refractivity contribution in [2.45, 2.75) is 52.9 Å². The summed E-state index contributed by atoms with van der Waals surface area (Å²) in [7, 11) is 0. The van der Waals surface area contributed by atoms with Crippen molar-refractivity contribution in [1.82, 2.24) is 0 Å². The lowest BCUT2D eigenvalue weighted by molar-refractivity contribution is 0.0831. The molecule has 1 aromatic carbocycles. The van der Waals surface area contributed by atoms with Gasteiger partial charge >= 0.3 is 0 Å². The summed E-state index contributed by atoms with van der Waals surface area (Å²) in [6.07, 6.45) is 3.99. The number of benzene rings is 1. The second-order valence-corrected chi connectivity index (χ2v) is 6.98. The molecule has 2 unspecified atom stereocenters. The first-order valence-electron chi connectivity index (χ1n) is 7.25. The van der Waals surface area contributed by atoms with Gasteiger partial charge in [-0.2, -0.15) is 0 Å². The van der Waals surface area contributed by atoms with E-state index < -0.39 is 0 Å². The topological polar surface area (TPSA) is 26.0 Å². The van der Waals surface area contributed by atoms with Gasteiger partial charge in [-0.1, -0.05) is 39.8 Å². The first kappa shape index (κ1) is 13.5. The first-order valence-corrected chi connectivity index (χ1v) is 7.25. The van der Waals surface area contributed by atoms with Gasteiger partial charge in [0.05, 0.1) is 0 Å². The monoisotopic (exact) mass is 245 g/mol. The van der Waals surface area contributed by atoms with Crippen LogP contribution < -0.4 is 5.73 Å². The highest BCUT2D eigenvalue weighted by Crippen LogP contribution is 2.49. The number of rotatable bonds is 2. The minimum atomic E-state index is 0.498. The normalized spacial score (nSPS) is 27.4. The van der Waals surface area contributed by atoms with E-state index >= 15 is 0 Å². The quantitative estimate of drug-likeness (QED) is 0.742. The lowest BCUT2D eigenvalue weighted by Gasteiger charge is -2.44. The first-order chi connectivity index (χ1) is 8.40. The van der Waals surface area contributed by atoms with E-state index in [1.54, 1.807) is 0 Å². The van der Waals surface area contributed by atoms with Crippen LogP contribution in [-0.4, -0.2) is 0 Å². The Bertz CT molecular complexity index is 389. The van der Waals surface area contributed by atoms with Gasteiger partial charge in [0.2, 0.25) is 0 Å². The highest BCUT2D eigenvalue weighted by molar-refractivity contribution is 5.40. The molecule has 0 saturated heterocycles. The van der Waals surface area contributed by atoms with Gasteiger partial charge in [0, 0.05) is 5.69 Å². The van der Waals surface area contributed by atoms with Gasteiger partial charge in [-0.25, -0.2) is 0 Å². The van der Waals surface area contributed by atoms with Crippen LogP contribution in [0.3, 0.4) is 0 Å². The maximum atomic E-state index is 5.77. The van der Waals surface area contributed by atoms with Crippen LogP contribution in [0.15, 0.2) is 24.3 Å². The minimum absolute atomic E-state index is 0.498. The van der Waals surface area contributed by atoms with Gasteiger partial charge in [-0.3, -0.25) is 0 Å². The molecule has 1 nitrogen and oxygen atoms in total. The summed E-state index contributed by atoms with van der Waals surface area (Å²) < 4.78 is 0. The van der Waals surface area contributed by atoms with Gasteiger partial charge in [0.15, 0.2) is 0 Å². The molecule has 1 saturated carbocycles. The summed E-state index contributed by atoms with van der Waals surface area (Å²) in [6, 6.07) is 8.52. The lowest BCUT2D eigenvalue weighted by Crippen LogP contribution is -2.34. The summed E-state index contributed by atoms with van der Waals surface area (Å²) in [5, 5.41) is 0. The molecule has 0 bridgehead atoms. The van der Waals surface area contributed by atoms with Crippen LogP contribution in [-0.2, 0) is 0 Å². The molecule has 0 aromatic heterocycles. The molecule has 1 heteroatoms. The third-order valence-corrected chi connectivity index (χ3v) is 4.89. The Labute approximate surface area is 112 Å². The van der Waals surface area contributed by atoms with Gasteiger partial charge < -0.3 is 5.73 Å². The van der Waals surface area contributed by atoms with E-state index in [1.807, 2.05) is 12.1 Å². The van der Waals surface area contributed by atoms with E-state index in [-0.39, 0.29) is 0 Å².